The van der Waals surface area contributed by atoms with E-state index in [4.69, 9.17) is 16.0 Å². The maximum atomic E-state index is 13.9. The van der Waals surface area contributed by atoms with E-state index in [0.717, 1.165) is 0 Å². The highest BCUT2D eigenvalue weighted by Crippen LogP contribution is 2.44. The molecule has 4 rings (SSSR count). The van der Waals surface area contributed by atoms with Crippen LogP contribution < -0.4 is 10.6 Å². The molecule has 2 amide bonds. The minimum absolute atomic E-state index is 0.0651. The third kappa shape index (κ3) is 3.85. The van der Waals surface area contributed by atoms with Crippen molar-refractivity contribution >= 4 is 23.4 Å². The molecule has 1 aromatic heterocycles. The largest absolute Gasteiger partial charge is 0.459 e. The van der Waals surface area contributed by atoms with Crippen LogP contribution in [0.2, 0.25) is 5.02 Å². The summed E-state index contributed by atoms with van der Waals surface area (Å²) in [6.07, 6.45) is -5.35. The molecule has 3 aromatic rings. The van der Waals surface area contributed by atoms with Crippen LogP contribution in [0.4, 0.5) is 18.0 Å². The molecule has 0 bridgehead atoms. The lowest BCUT2D eigenvalue weighted by Crippen LogP contribution is -2.72. The minimum atomic E-state index is -5.35. The standard InChI is InChI=1S/C22H16ClF3N2O4/c23-14-8-4-7-13(11-14)15-9-10-16(32-15)18-17(19(29)12-5-2-1-3-6-12)21(31,22(24,25)26)28-20(30)27-18/h1-11,17-18,31H,(H2,27,28,30)/t17-,18-,21-/m1/s1. The second-order valence-corrected chi connectivity index (χ2v) is 7.70. The van der Waals surface area contributed by atoms with Crippen LogP contribution in [0, 0.1) is 5.92 Å². The van der Waals surface area contributed by atoms with Crippen LogP contribution >= 0.6 is 11.6 Å². The van der Waals surface area contributed by atoms with Gasteiger partial charge in [0.05, 0.1) is 0 Å². The van der Waals surface area contributed by atoms with Crippen LogP contribution in [0.1, 0.15) is 22.2 Å². The molecule has 0 radical (unpaired) electrons. The summed E-state index contributed by atoms with van der Waals surface area (Å²) in [5.41, 5.74) is -3.35. The van der Waals surface area contributed by atoms with Gasteiger partial charge in [0.15, 0.2) is 5.78 Å². The van der Waals surface area contributed by atoms with Gasteiger partial charge in [-0.3, -0.25) is 4.79 Å². The van der Waals surface area contributed by atoms with Crippen LogP contribution in [-0.2, 0) is 0 Å². The number of hydrogen-bond donors (Lipinski definition) is 3. The van der Waals surface area contributed by atoms with Crippen LogP contribution in [0.25, 0.3) is 11.3 Å². The molecular weight excluding hydrogens is 449 g/mol. The Morgan fingerprint density at radius 3 is 2.44 bits per heavy atom. The summed E-state index contributed by atoms with van der Waals surface area (Å²) in [6.45, 7) is 0. The van der Waals surface area contributed by atoms with E-state index in [2.05, 4.69) is 5.32 Å². The van der Waals surface area contributed by atoms with Crippen molar-refractivity contribution in [2.24, 2.45) is 5.92 Å². The van der Waals surface area contributed by atoms with Gasteiger partial charge in [-0.15, -0.1) is 0 Å². The Labute approximate surface area is 185 Å². The summed E-state index contributed by atoms with van der Waals surface area (Å²) < 4.78 is 47.5. The minimum Gasteiger partial charge on any atom is -0.459 e. The van der Waals surface area contributed by atoms with Crippen molar-refractivity contribution < 1.29 is 32.3 Å². The number of ketones is 1. The van der Waals surface area contributed by atoms with E-state index in [-0.39, 0.29) is 17.1 Å². The first-order valence-corrected chi connectivity index (χ1v) is 9.80. The number of alkyl halides is 3. The fourth-order valence-corrected chi connectivity index (χ4v) is 3.87. The number of furan rings is 1. The third-order valence-corrected chi connectivity index (χ3v) is 5.42. The molecule has 10 heteroatoms. The number of benzene rings is 2. The van der Waals surface area contributed by atoms with Gasteiger partial charge in [-0.25, -0.2) is 4.79 Å². The summed E-state index contributed by atoms with van der Waals surface area (Å²) in [5, 5.41) is 14.8. The van der Waals surface area contributed by atoms with Gasteiger partial charge >= 0.3 is 12.2 Å². The van der Waals surface area contributed by atoms with E-state index < -0.39 is 35.7 Å². The Kier molecular flexibility index (Phi) is 5.47. The van der Waals surface area contributed by atoms with Gasteiger partial charge in [-0.1, -0.05) is 54.1 Å². The number of nitrogens with one attached hydrogen (secondary N) is 2. The van der Waals surface area contributed by atoms with Gasteiger partial charge in [0.1, 0.15) is 23.5 Å². The van der Waals surface area contributed by atoms with Gasteiger partial charge < -0.3 is 20.2 Å². The molecule has 3 atom stereocenters. The monoisotopic (exact) mass is 464 g/mol. The SMILES string of the molecule is O=C1N[C@H](c2ccc(-c3cccc(Cl)c3)o2)[C@H](C(=O)c2ccccc2)[C@@](O)(C(F)(F)F)N1. The maximum Gasteiger partial charge on any atom is 0.437 e. The molecule has 2 aromatic carbocycles. The molecule has 1 fully saturated rings. The summed E-state index contributed by atoms with van der Waals surface area (Å²) in [6, 6.07) is 13.7. The van der Waals surface area contributed by atoms with Crippen molar-refractivity contribution in [1.82, 2.24) is 10.6 Å². The van der Waals surface area contributed by atoms with E-state index in [9.17, 15) is 27.9 Å². The summed E-state index contributed by atoms with van der Waals surface area (Å²) in [4.78, 5) is 25.2. The fraction of sp³-hybridized carbons (Fsp3) is 0.182. The van der Waals surface area contributed by atoms with Crippen molar-refractivity contribution in [3.63, 3.8) is 0 Å². The Balaban J connectivity index is 1.81. The third-order valence-electron chi connectivity index (χ3n) is 5.19. The zero-order valence-electron chi connectivity index (χ0n) is 16.2. The topological polar surface area (TPSA) is 91.6 Å². The highest BCUT2D eigenvalue weighted by molar-refractivity contribution is 6.30. The highest BCUT2D eigenvalue weighted by atomic mass is 35.5. The van der Waals surface area contributed by atoms with Gasteiger partial charge in [-0.2, -0.15) is 13.2 Å². The first-order chi connectivity index (χ1) is 15.1. The summed E-state index contributed by atoms with van der Waals surface area (Å²) in [7, 11) is 0. The zero-order chi connectivity index (χ0) is 23.1. The Hall–Kier alpha value is -3.30. The van der Waals surface area contributed by atoms with Gasteiger partial charge in [0, 0.05) is 16.1 Å². The number of halogens is 4. The Morgan fingerprint density at radius 2 is 1.78 bits per heavy atom. The molecule has 0 saturated carbocycles. The molecule has 0 unspecified atom stereocenters. The number of Topliss-reactive ketones (excluding diaryl/α,β-unsaturated/α-hetero) is 1. The number of rotatable bonds is 4. The van der Waals surface area contributed by atoms with Crippen LogP contribution in [-0.4, -0.2) is 28.8 Å². The lowest BCUT2D eigenvalue weighted by molar-refractivity contribution is -0.288. The molecule has 6 nitrogen and oxygen atoms in total. The zero-order valence-corrected chi connectivity index (χ0v) is 16.9. The van der Waals surface area contributed by atoms with E-state index in [0.29, 0.717) is 10.6 Å². The molecule has 0 spiro atoms. The number of urea groups is 1. The van der Waals surface area contributed by atoms with E-state index in [1.165, 1.54) is 41.7 Å². The number of aliphatic hydroxyl groups is 1. The molecule has 1 aliphatic heterocycles. The molecule has 2 heterocycles. The Morgan fingerprint density at radius 1 is 1.06 bits per heavy atom. The smallest absolute Gasteiger partial charge is 0.437 e. The predicted molar refractivity (Wildman–Crippen MR) is 109 cm³/mol. The molecule has 3 N–H and O–H groups in total. The maximum absolute atomic E-state index is 13.9. The molecule has 1 aliphatic rings. The van der Waals surface area contributed by atoms with Crippen molar-refractivity contribution in [2.75, 3.05) is 0 Å². The quantitative estimate of drug-likeness (QED) is 0.488. The molecular formula is C22H16ClF3N2O4. The van der Waals surface area contributed by atoms with Gasteiger partial charge in [0.2, 0.25) is 5.72 Å². The number of amides is 2. The first-order valence-electron chi connectivity index (χ1n) is 9.43. The number of hydrogen-bond acceptors (Lipinski definition) is 4. The second kappa shape index (κ2) is 7.99. The fourth-order valence-electron chi connectivity index (χ4n) is 3.68. The van der Waals surface area contributed by atoms with Crippen molar-refractivity contribution in [2.45, 2.75) is 17.9 Å². The second-order valence-electron chi connectivity index (χ2n) is 7.26. The van der Waals surface area contributed by atoms with Gasteiger partial charge in [-0.05, 0) is 24.3 Å². The average Bonchev–Trinajstić information content (AvgIpc) is 3.23. The lowest BCUT2D eigenvalue weighted by atomic mass is 9.79. The van der Waals surface area contributed by atoms with Gasteiger partial charge in [0.25, 0.3) is 0 Å². The molecule has 0 aliphatic carbocycles. The number of carbonyl (C=O) groups is 2. The number of carbonyl (C=O) groups excluding carboxylic acids is 2. The van der Waals surface area contributed by atoms with Crippen molar-refractivity contribution in [1.29, 1.82) is 0 Å². The molecule has 32 heavy (non-hydrogen) atoms. The van der Waals surface area contributed by atoms with Crippen LogP contribution in [0.5, 0.6) is 0 Å². The van der Waals surface area contributed by atoms with Crippen LogP contribution in [0.15, 0.2) is 71.1 Å². The first kappa shape index (κ1) is 21.9. The summed E-state index contributed by atoms with van der Waals surface area (Å²) >= 11 is 5.98. The van der Waals surface area contributed by atoms with Crippen molar-refractivity contribution in [3.05, 3.63) is 83.1 Å². The predicted octanol–water partition coefficient (Wildman–Crippen LogP) is 4.70. The van der Waals surface area contributed by atoms with E-state index in [1.54, 1.807) is 30.3 Å². The highest BCUT2D eigenvalue weighted by Gasteiger charge is 2.66. The normalized spacial score (nSPS) is 23.3. The van der Waals surface area contributed by atoms with Crippen LogP contribution in [0.3, 0.4) is 0 Å². The Bertz CT molecular complexity index is 1170. The molecule has 1 saturated heterocycles. The lowest BCUT2D eigenvalue weighted by Gasteiger charge is -2.44. The summed E-state index contributed by atoms with van der Waals surface area (Å²) in [5.74, 6) is -3.06. The van der Waals surface area contributed by atoms with E-state index in [1.807, 2.05) is 0 Å². The van der Waals surface area contributed by atoms with Crippen molar-refractivity contribution in [3.8, 4) is 11.3 Å². The van der Waals surface area contributed by atoms with E-state index >= 15 is 0 Å². The average molecular weight is 465 g/mol. The molecule has 166 valence electrons.